The molecule has 2 aromatic rings. The van der Waals surface area contributed by atoms with Crippen molar-refractivity contribution in [2.75, 3.05) is 0 Å². The van der Waals surface area contributed by atoms with E-state index in [0.29, 0.717) is 35.9 Å². The zero-order valence-electron chi connectivity index (χ0n) is 12.9. The summed E-state index contributed by atoms with van der Waals surface area (Å²) in [6, 6.07) is -1.94. The highest BCUT2D eigenvalue weighted by Gasteiger charge is 2.15. The van der Waals surface area contributed by atoms with Gasteiger partial charge in [-0.3, -0.25) is 9.59 Å². The maximum absolute atomic E-state index is 10.7. The van der Waals surface area contributed by atoms with Crippen LogP contribution in [0.5, 0.6) is 0 Å². The van der Waals surface area contributed by atoms with Crippen LogP contribution in [-0.2, 0) is 35.3 Å². The maximum atomic E-state index is 10.7. The number of aliphatic carboxylic acids is 2. The fourth-order valence-corrected chi connectivity index (χ4v) is 2.16. The van der Waals surface area contributed by atoms with Gasteiger partial charge >= 0.3 is 11.9 Å². The van der Waals surface area contributed by atoms with Gasteiger partial charge in [0.15, 0.2) is 0 Å². The number of nitrogens with one attached hydrogen (secondary N) is 2. The molecule has 0 saturated carbocycles. The van der Waals surface area contributed by atoms with Crippen LogP contribution in [0.2, 0.25) is 0 Å². The molecular weight excluding hydrogens is 316 g/mol. The van der Waals surface area contributed by atoms with Gasteiger partial charge in [0.05, 0.1) is 0 Å². The fraction of sp³-hybridized carbons (Fsp3) is 0.429. The first-order chi connectivity index (χ1) is 11.3. The van der Waals surface area contributed by atoms with Crippen molar-refractivity contribution in [1.82, 2.24) is 19.9 Å². The molecule has 0 bridgehead atoms. The monoisotopic (exact) mass is 336 g/mol. The molecule has 0 aliphatic carbocycles. The van der Waals surface area contributed by atoms with Gasteiger partial charge in [0.2, 0.25) is 0 Å². The molecule has 130 valence electrons. The molecule has 0 aromatic carbocycles. The van der Waals surface area contributed by atoms with Crippen LogP contribution >= 0.6 is 0 Å². The largest absolute Gasteiger partial charge is 0.480 e. The van der Waals surface area contributed by atoms with Gasteiger partial charge in [-0.15, -0.1) is 0 Å². The number of aromatic amines is 2. The number of nitrogens with two attached hydrogens (primary N) is 2. The lowest BCUT2D eigenvalue weighted by Crippen LogP contribution is -2.32. The first-order valence-corrected chi connectivity index (χ1v) is 7.37. The predicted molar refractivity (Wildman–Crippen MR) is 83.2 cm³/mol. The third-order valence-corrected chi connectivity index (χ3v) is 3.47. The van der Waals surface area contributed by atoms with Gasteiger partial charge in [-0.05, 0) is 0 Å². The number of aromatic nitrogens is 4. The number of hydrogen-bond donors (Lipinski definition) is 6. The van der Waals surface area contributed by atoms with E-state index in [4.69, 9.17) is 21.7 Å². The van der Waals surface area contributed by atoms with Gasteiger partial charge in [-0.1, -0.05) is 0 Å². The van der Waals surface area contributed by atoms with Crippen molar-refractivity contribution < 1.29 is 19.8 Å². The van der Waals surface area contributed by atoms with Crippen LogP contribution in [0.4, 0.5) is 0 Å². The Morgan fingerprint density at radius 2 is 1.29 bits per heavy atom. The fourth-order valence-electron chi connectivity index (χ4n) is 2.16. The molecule has 0 aliphatic rings. The van der Waals surface area contributed by atoms with Crippen LogP contribution in [0, 0.1) is 0 Å². The highest BCUT2D eigenvalue weighted by Crippen LogP contribution is 2.06. The van der Waals surface area contributed by atoms with Gasteiger partial charge in [-0.2, -0.15) is 0 Å². The second kappa shape index (κ2) is 7.70. The molecule has 2 atom stereocenters. The number of aryl methyl sites for hydroxylation is 2. The molecule has 2 unspecified atom stereocenters. The van der Waals surface area contributed by atoms with Crippen molar-refractivity contribution >= 4 is 11.9 Å². The lowest BCUT2D eigenvalue weighted by atomic mass is 10.2. The number of hydrogen-bond acceptors (Lipinski definition) is 6. The van der Waals surface area contributed by atoms with Crippen molar-refractivity contribution in [2.45, 2.75) is 37.8 Å². The topological polar surface area (TPSA) is 184 Å². The Balaban J connectivity index is 1.86. The Kier molecular flexibility index (Phi) is 5.66. The van der Waals surface area contributed by atoms with Crippen molar-refractivity contribution in [3.05, 3.63) is 35.4 Å². The third kappa shape index (κ3) is 4.89. The minimum Gasteiger partial charge on any atom is -0.480 e. The van der Waals surface area contributed by atoms with Crippen LogP contribution in [0.3, 0.4) is 0 Å². The van der Waals surface area contributed by atoms with Gasteiger partial charge in [-0.25, -0.2) is 9.97 Å². The van der Waals surface area contributed by atoms with Crippen LogP contribution in [-0.4, -0.2) is 54.2 Å². The van der Waals surface area contributed by atoms with Gasteiger partial charge in [0.25, 0.3) is 0 Å². The summed E-state index contributed by atoms with van der Waals surface area (Å²) in [5.41, 5.74) is 12.3. The average molecular weight is 336 g/mol. The minimum absolute atomic E-state index is 0.181. The molecule has 0 radical (unpaired) electrons. The number of imidazole rings is 2. The molecule has 2 aromatic heterocycles. The second-order valence-electron chi connectivity index (χ2n) is 5.51. The smallest absolute Gasteiger partial charge is 0.320 e. The molecule has 0 aliphatic heterocycles. The Morgan fingerprint density at radius 3 is 1.62 bits per heavy atom. The SMILES string of the molecule is NC(Cc1cnc(CCc2ncc(CC(N)C(=O)O)[nH]2)[nH]1)C(=O)O. The molecule has 8 N–H and O–H groups in total. The van der Waals surface area contributed by atoms with E-state index in [1.165, 1.54) is 0 Å². The molecule has 0 amide bonds. The second-order valence-corrected chi connectivity index (χ2v) is 5.51. The minimum atomic E-state index is -1.06. The summed E-state index contributed by atoms with van der Waals surface area (Å²) in [6.07, 6.45) is 4.64. The number of H-pyrrole nitrogens is 2. The maximum Gasteiger partial charge on any atom is 0.320 e. The van der Waals surface area contributed by atoms with E-state index in [1.54, 1.807) is 12.4 Å². The van der Waals surface area contributed by atoms with Crippen molar-refractivity contribution in [1.29, 1.82) is 0 Å². The quantitative estimate of drug-likeness (QED) is 0.330. The van der Waals surface area contributed by atoms with Gasteiger partial charge < -0.3 is 31.6 Å². The summed E-state index contributed by atoms with van der Waals surface area (Å²) < 4.78 is 0. The third-order valence-electron chi connectivity index (χ3n) is 3.47. The van der Waals surface area contributed by atoms with E-state index in [9.17, 15) is 9.59 Å². The summed E-state index contributed by atoms with van der Waals surface area (Å²) in [7, 11) is 0. The zero-order chi connectivity index (χ0) is 17.7. The number of carboxylic acids is 2. The first-order valence-electron chi connectivity index (χ1n) is 7.37. The summed E-state index contributed by atoms with van der Waals surface area (Å²) in [5, 5.41) is 17.6. The number of nitrogens with zero attached hydrogens (tertiary/aromatic N) is 2. The Morgan fingerprint density at radius 1 is 0.917 bits per heavy atom. The molecule has 0 spiro atoms. The number of carboxylic acid groups (broad SMARTS) is 2. The van der Waals surface area contributed by atoms with Crippen LogP contribution < -0.4 is 11.5 Å². The zero-order valence-corrected chi connectivity index (χ0v) is 12.9. The molecule has 0 fully saturated rings. The van der Waals surface area contributed by atoms with E-state index in [-0.39, 0.29) is 12.8 Å². The molecule has 10 nitrogen and oxygen atoms in total. The average Bonchev–Trinajstić information content (AvgIpc) is 3.14. The summed E-state index contributed by atoms with van der Waals surface area (Å²) >= 11 is 0. The summed E-state index contributed by atoms with van der Waals surface area (Å²) in [4.78, 5) is 35.9. The highest BCUT2D eigenvalue weighted by molar-refractivity contribution is 5.73. The van der Waals surface area contributed by atoms with Crippen LogP contribution in [0.15, 0.2) is 12.4 Å². The molecule has 2 heterocycles. The van der Waals surface area contributed by atoms with E-state index >= 15 is 0 Å². The van der Waals surface area contributed by atoms with Crippen molar-refractivity contribution in [2.24, 2.45) is 11.5 Å². The Labute approximate surface area is 137 Å². The van der Waals surface area contributed by atoms with Gasteiger partial charge in [0, 0.05) is 49.5 Å². The summed E-state index contributed by atoms with van der Waals surface area (Å²) in [6.45, 7) is 0. The summed E-state index contributed by atoms with van der Waals surface area (Å²) in [5.74, 6) is -0.729. The first kappa shape index (κ1) is 17.6. The molecular formula is C14H20N6O4. The molecule has 24 heavy (non-hydrogen) atoms. The standard InChI is InChI=1S/C14H20N6O4/c15-9(13(21)22)3-7-5-17-11(19-7)1-2-12-18-6-8(20-12)4-10(16)14(23)24/h5-6,9-10H,1-4,15-16H2,(H,17,19)(H,18,20)(H,21,22)(H,23,24). The van der Waals surface area contributed by atoms with Crippen LogP contribution in [0.25, 0.3) is 0 Å². The Bertz CT molecular complexity index is 649. The Hall–Kier alpha value is -2.72. The van der Waals surface area contributed by atoms with E-state index < -0.39 is 24.0 Å². The predicted octanol–water partition coefficient (Wildman–Crippen LogP) is -1.17. The molecule has 2 rings (SSSR count). The van der Waals surface area contributed by atoms with Crippen molar-refractivity contribution in [3.63, 3.8) is 0 Å². The van der Waals surface area contributed by atoms with Gasteiger partial charge in [0.1, 0.15) is 23.7 Å². The van der Waals surface area contributed by atoms with E-state index in [1.807, 2.05) is 0 Å². The lowest BCUT2D eigenvalue weighted by Gasteiger charge is -2.03. The number of rotatable bonds is 9. The molecule has 0 saturated heterocycles. The van der Waals surface area contributed by atoms with E-state index in [2.05, 4.69) is 19.9 Å². The molecule has 10 heteroatoms. The lowest BCUT2D eigenvalue weighted by molar-refractivity contribution is -0.139. The number of carbonyl (C=O) groups is 2. The van der Waals surface area contributed by atoms with Crippen LogP contribution in [0.1, 0.15) is 23.0 Å². The van der Waals surface area contributed by atoms with E-state index in [0.717, 1.165) is 0 Å². The highest BCUT2D eigenvalue weighted by atomic mass is 16.4. The van der Waals surface area contributed by atoms with Crippen molar-refractivity contribution in [3.8, 4) is 0 Å². The normalized spacial score (nSPS) is 13.6.